The molecule has 4 nitrogen and oxygen atoms in total. The minimum absolute atomic E-state index is 0.173. The Kier molecular flexibility index (Phi) is 3.52. The molecule has 1 amide bonds. The molecule has 25 heavy (non-hydrogen) atoms. The summed E-state index contributed by atoms with van der Waals surface area (Å²) in [6.45, 7) is 0. The maximum absolute atomic E-state index is 13.0. The van der Waals surface area contributed by atoms with Crippen molar-refractivity contribution in [1.82, 2.24) is 14.9 Å². The van der Waals surface area contributed by atoms with Crippen LogP contribution < -0.4 is 5.32 Å². The second-order valence-corrected chi connectivity index (χ2v) is 6.11. The zero-order chi connectivity index (χ0) is 17.6. The van der Waals surface area contributed by atoms with Crippen molar-refractivity contribution in [2.24, 2.45) is 0 Å². The van der Waals surface area contributed by atoms with Crippen LogP contribution in [0.25, 0.3) is 16.6 Å². The minimum atomic E-state index is -4.42. The maximum Gasteiger partial charge on any atom is 0.416 e. The molecule has 1 fully saturated rings. The Morgan fingerprint density at radius 3 is 2.68 bits per heavy atom. The van der Waals surface area contributed by atoms with E-state index in [1.165, 1.54) is 10.6 Å². The Morgan fingerprint density at radius 2 is 1.96 bits per heavy atom. The molecule has 0 aliphatic heterocycles. The van der Waals surface area contributed by atoms with Crippen LogP contribution >= 0.6 is 0 Å². The molecule has 2 heterocycles. The van der Waals surface area contributed by atoms with Gasteiger partial charge in [-0.15, -0.1) is 0 Å². The number of hydrogen-bond donors (Lipinski definition) is 1. The molecule has 0 radical (unpaired) electrons. The van der Waals surface area contributed by atoms with E-state index in [0.29, 0.717) is 16.6 Å². The lowest BCUT2D eigenvalue weighted by Gasteiger charge is -2.11. The summed E-state index contributed by atoms with van der Waals surface area (Å²) in [5.41, 5.74) is 1.02. The van der Waals surface area contributed by atoms with E-state index in [9.17, 15) is 18.0 Å². The molecule has 3 aromatic rings. The van der Waals surface area contributed by atoms with Crippen molar-refractivity contribution >= 4 is 11.4 Å². The van der Waals surface area contributed by atoms with Crippen molar-refractivity contribution in [3.8, 4) is 11.1 Å². The van der Waals surface area contributed by atoms with Crippen LogP contribution in [0.15, 0.2) is 48.7 Å². The lowest BCUT2D eigenvalue weighted by Crippen LogP contribution is -2.26. The molecule has 7 heteroatoms. The number of hydrogen-bond acceptors (Lipinski definition) is 2. The van der Waals surface area contributed by atoms with E-state index in [1.54, 1.807) is 30.5 Å². The Hall–Kier alpha value is -2.83. The number of nitrogens with one attached hydrogen (secondary N) is 1. The molecule has 0 saturated heterocycles. The molecule has 128 valence electrons. The number of aromatic nitrogens is 2. The lowest BCUT2D eigenvalue weighted by molar-refractivity contribution is -0.137. The number of alkyl halides is 3. The van der Waals surface area contributed by atoms with E-state index in [-0.39, 0.29) is 17.6 Å². The van der Waals surface area contributed by atoms with Crippen LogP contribution in [0.1, 0.15) is 28.9 Å². The molecule has 1 aromatic carbocycles. The highest BCUT2D eigenvalue weighted by atomic mass is 19.4. The maximum atomic E-state index is 13.0. The van der Waals surface area contributed by atoms with Gasteiger partial charge in [-0.3, -0.25) is 4.79 Å². The van der Waals surface area contributed by atoms with Gasteiger partial charge in [0.15, 0.2) is 0 Å². The fourth-order valence-electron chi connectivity index (χ4n) is 2.72. The summed E-state index contributed by atoms with van der Waals surface area (Å²) in [5, 5.41) is 7.10. The Bertz CT molecular complexity index is 958. The number of nitrogens with zero attached hydrogens (tertiary/aromatic N) is 2. The molecule has 0 spiro atoms. The van der Waals surface area contributed by atoms with Gasteiger partial charge in [0.05, 0.1) is 11.1 Å². The highest BCUT2D eigenvalue weighted by Gasteiger charge is 2.31. The zero-order valence-corrected chi connectivity index (χ0v) is 13.0. The van der Waals surface area contributed by atoms with Crippen molar-refractivity contribution in [3.63, 3.8) is 0 Å². The Labute approximate surface area is 141 Å². The quantitative estimate of drug-likeness (QED) is 0.782. The minimum Gasteiger partial charge on any atom is -0.348 e. The summed E-state index contributed by atoms with van der Waals surface area (Å²) in [6.07, 6.45) is -0.871. The summed E-state index contributed by atoms with van der Waals surface area (Å²) in [7, 11) is 0. The summed E-state index contributed by atoms with van der Waals surface area (Å²) in [6, 6.07) is 10.3. The van der Waals surface area contributed by atoms with Crippen molar-refractivity contribution < 1.29 is 18.0 Å². The summed E-state index contributed by atoms with van der Waals surface area (Å²) >= 11 is 0. The fourth-order valence-corrected chi connectivity index (χ4v) is 2.72. The fraction of sp³-hybridized carbons (Fsp3) is 0.222. The van der Waals surface area contributed by atoms with Crippen LogP contribution in [0.4, 0.5) is 13.2 Å². The van der Waals surface area contributed by atoms with Crippen LogP contribution in [-0.4, -0.2) is 21.6 Å². The van der Waals surface area contributed by atoms with Crippen LogP contribution in [0.2, 0.25) is 0 Å². The van der Waals surface area contributed by atoms with Gasteiger partial charge in [-0.1, -0.05) is 12.1 Å². The molecule has 0 bridgehead atoms. The van der Waals surface area contributed by atoms with Gasteiger partial charge in [-0.05, 0) is 48.7 Å². The smallest absolute Gasteiger partial charge is 0.348 e. The third-order valence-corrected chi connectivity index (χ3v) is 4.15. The Morgan fingerprint density at radius 1 is 1.16 bits per heavy atom. The molecule has 0 unspecified atom stereocenters. The first kappa shape index (κ1) is 15.7. The summed E-state index contributed by atoms with van der Waals surface area (Å²) in [5.74, 6) is -0.314. The third kappa shape index (κ3) is 3.09. The molecular weight excluding hydrogens is 331 g/mol. The monoisotopic (exact) mass is 345 g/mol. The van der Waals surface area contributed by atoms with E-state index in [4.69, 9.17) is 0 Å². The van der Waals surface area contributed by atoms with E-state index < -0.39 is 11.7 Å². The summed E-state index contributed by atoms with van der Waals surface area (Å²) in [4.78, 5) is 12.3. The van der Waals surface area contributed by atoms with Gasteiger partial charge in [-0.25, -0.2) is 4.52 Å². The number of halogens is 3. The lowest BCUT2D eigenvalue weighted by atomic mass is 10.0. The highest BCUT2D eigenvalue weighted by molar-refractivity contribution is 5.95. The number of rotatable bonds is 3. The van der Waals surface area contributed by atoms with Gasteiger partial charge in [-0.2, -0.15) is 18.3 Å². The number of fused-ring (bicyclic) bond motifs is 1. The van der Waals surface area contributed by atoms with Crippen LogP contribution in [0.5, 0.6) is 0 Å². The molecule has 4 rings (SSSR count). The largest absolute Gasteiger partial charge is 0.416 e. The van der Waals surface area contributed by atoms with Gasteiger partial charge < -0.3 is 5.32 Å². The van der Waals surface area contributed by atoms with Crippen LogP contribution in [0.3, 0.4) is 0 Å². The van der Waals surface area contributed by atoms with Gasteiger partial charge in [0.2, 0.25) is 0 Å². The van der Waals surface area contributed by atoms with Gasteiger partial charge >= 0.3 is 6.18 Å². The van der Waals surface area contributed by atoms with Gasteiger partial charge in [0.1, 0.15) is 5.69 Å². The second-order valence-electron chi connectivity index (χ2n) is 6.11. The topological polar surface area (TPSA) is 46.4 Å². The predicted octanol–water partition coefficient (Wildman–Crippen LogP) is 3.91. The highest BCUT2D eigenvalue weighted by Crippen LogP contribution is 2.33. The second kappa shape index (κ2) is 5.61. The van der Waals surface area contributed by atoms with Crippen LogP contribution in [-0.2, 0) is 6.18 Å². The van der Waals surface area contributed by atoms with E-state index in [2.05, 4.69) is 10.4 Å². The first-order chi connectivity index (χ1) is 11.9. The molecule has 1 N–H and O–H groups in total. The molecule has 0 atom stereocenters. The van der Waals surface area contributed by atoms with E-state index in [1.807, 2.05) is 0 Å². The standard InChI is InChI=1S/C18H14F3N3O/c19-18(20,21)12-4-1-3-11(9-12)14-10-15(17(25)22-13-6-7-13)23-24-8-2-5-16(14)24/h1-5,8-10,13H,6-7H2,(H,22,25). The molecular formula is C18H14F3N3O. The number of benzene rings is 1. The SMILES string of the molecule is O=C(NC1CC1)c1cc(-c2cccc(C(F)(F)F)c2)c2cccn2n1. The first-order valence-corrected chi connectivity index (χ1v) is 7.89. The average molecular weight is 345 g/mol. The Balaban J connectivity index is 1.83. The van der Waals surface area contributed by atoms with Crippen molar-refractivity contribution in [1.29, 1.82) is 0 Å². The molecule has 1 aliphatic carbocycles. The zero-order valence-electron chi connectivity index (χ0n) is 13.0. The van der Waals surface area contributed by atoms with Gasteiger partial charge in [0, 0.05) is 17.8 Å². The van der Waals surface area contributed by atoms with E-state index in [0.717, 1.165) is 25.0 Å². The predicted molar refractivity (Wildman–Crippen MR) is 86.1 cm³/mol. The molecule has 2 aromatic heterocycles. The first-order valence-electron chi connectivity index (χ1n) is 7.89. The van der Waals surface area contributed by atoms with E-state index >= 15 is 0 Å². The van der Waals surface area contributed by atoms with Crippen molar-refractivity contribution in [2.45, 2.75) is 25.1 Å². The molecule has 1 saturated carbocycles. The number of amides is 1. The van der Waals surface area contributed by atoms with Gasteiger partial charge in [0.25, 0.3) is 5.91 Å². The molecule has 1 aliphatic rings. The van der Waals surface area contributed by atoms with Crippen LogP contribution in [0, 0.1) is 0 Å². The third-order valence-electron chi connectivity index (χ3n) is 4.15. The summed E-state index contributed by atoms with van der Waals surface area (Å²) < 4.78 is 40.6. The van der Waals surface area contributed by atoms with Crippen molar-refractivity contribution in [3.05, 3.63) is 59.9 Å². The van der Waals surface area contributed by atoms with Crippen molar-refractivity contribution in [2.75, 3.05) is 0 Å². The normalized spacial score (nSPS) is 14.7. The number of carbonyl (C=O) groups is 1. The average Bonchev–Trinajstić information content (AvgIpc) is 3.26. The number of carbonyl (C=O) groups excluding carboxylic acids is 1.